The Hall–Kier alpha value is -1.69. The van der Waals surface area contributed by atoms with Crippen molar-refractivity contribution in [2.75, 3.05) is 31.6 Å². The van der Waals surface area contributed by atoms with Gasteiger partial charge in [-0.3, -0.25) is 4.79 Å². The number of rotatable bonds is 6. The normalized spacial score (nSPS) is 16.3. The van der Waals surface area contributed by atoms with Gasteiger partial charge in [-0.15, -0.1) is 11.3 Å². The number of ether oxygens (including phenoxy) is 1. The first kappa shape index (κ1) is 22.5. The molecule has 1 aliphatic heterocycles. The van der Waals surface area contributed by atoms with Crippen LogP contribution in [0.2, 0.25) is 5.02 Å². The largest absolute Gasteiger partial charge is 0.379 e. The van der Waals surface area contributed by atoms with Crippen molar-refractivity contribution in [2.24, 2.45) is 0 Å². The van der Waals surface area contributed by atoms with E-state index < -0.39 is 10.0 Å². The van der Waals surface area contributed by atoms with Crippen molar-refractivity contribution in [3.8, 4) is 0 Å². The third-order valence-corrected chi connectivity index (χ3v) is 9.08. The van der Waals surface area contributed by atoms with Crippen LogP contribution in [0.1, 0.15) is 6.92 Å². The molecule has 164 valence electrons. The highest BCUT2D eigenvalue weighted by Crippen LogP contribution is 2.33. The average Bonchev–Trinajstić information content (AvgIpc) is 3.16. The molecule has 1 N–H and O–H groups in total. The summed E-state index contributed by atoms with van der Waals surface area (Å²) in [5.41, 5.74) is 1.35. The number of aromatic nitrogens is 1. The number of sulfonamides is 1. The Morgan fingerprint density at radius 3 is 2.65 bits per heavy atom. The summed E-state index contributed by atoms with van der Waals surface area (Å²) in [7, 11) is -3.56. The number of nitrogens with zero attached hydrogens (tertiary/aromatic N) is 2. The van der Waals surface area contributed by atoms with Crippen LogP contribution in [-0.2, 0) is 19.6 Å². The van der Waals surface area contributed by atoms with Crippen LogP contribution in [0.3, 0.4) is 0 Å². The van der Waals surface area contributed by atoms with Crippen molar-refractivity contribution in [1.29, 1.82) is 0 Å². The predicted molar refractivity (Wildman–Crippen MR) is 125 cm³/mol. The van der Waals surface area contributed by atoms with E-state index in [0.29, 0.717) is 37.0 Å². The molecule has 1 aliphatic rings. The van der Waals surface area contributed by atoms with Crippen LogP contribution in [0.25, 0.3) is 10.2 Å². The molecule has 0 aliphatic carbocycles. The molecule has 0 radical (unpaired) electrons. The lowest BCUT2D eigenvalue weighted by Crippen LogP contribution is -2.40. The van der Waals surface area contributed by atoms with Crippen molar-refractivity contribution >= 4 is 66.5 Å². The van der Waals surface area contributed by atoms with Gasteiger partial charge in [0.1, 0.15) is 0 Å². The molecule has 3 aromatic rings. The maximum atomic E-state index is 12.7. The van der Waals surface area contributed by atoms with Gasteiger partial charge in [-0.2, -0.15) is 4.31 Å². The minimum Gasteiger partial charge on any atom is -0.379 e. The molecule has 1 unspecified atom stereocenters. The SMILES string of the molecule is CC(Sc1nc2cc(Cl)ccc2s1)C(=O)Nc1ccc(S(=O)(=O)N2CCOCC2)cc1. The topological polar surface area (TPSA) is 88.6 Å². The van der Waals surface area contributed by atoms with E-state index in [0.717, 1.165) is 14.6 Å². The maximum absolute atomic E-state index is 12.7. The molecule has 1 fully saturated rings. The number of fused-ring (bicyclic) bond motifs is 1. The number of hydrogen-bond acceptors (Lipinski definition) is 7. The third-order valence-electron chi connectivity index (χ3n) is 4.71. The molecule has 0 saturated carbocycles. The summed E-state index contributed by atoms with van der Waals surface area (Å²) in [6.07, 6.45) is 0. The van der Waals surface area contributed by atoms with E-state index in [1.807, 2.05) is 12.1 Å². The first-order chi connectivity index (χ1) is 14.8. The van der Waals surface area contributed by atoms with Gasteiger partial charge in [-0.05, 0) is 49.4 Å². The van der Waals surface area contributed by atoms with Gasteiger partial charge in [0.2, 0.25) is 15.9 Å². The zero-order chi connectivity index (χ0) is 22.0. The standard InChI is InChI=1S/C20H20ClN3O4S3/c1-13(29-20-23-17-12-14(21)2-7-18(17)30-20)19(25)22-15-3-5-16(6-4-15)31(26,27)24-8-10-28-11-9-24/h2-7,12-13H,8-11H2,1H3,(H,22,25). The van der Waals surface area contributed by atoms with Crippen molar-refractivity contribution in [3.63, 3.8) is 0 Å². The Morgan fingerprint density at radius 2 is 1.94 bits per heavy atom. The lowest BCUT2D eigenvalue weighted by Gasteiger charge is -2.26. The number of halogens is 1. The molecule has 0 spiro atoms. The van der Waals surface area contributed by atoms with Crippen LogP contribution < -0.4 is 5.32 Å². The van der Waals surface area contributed by atoms with Crippen LogP contribution in [0.4, 0.5) is 5.69 Å². The summed E-state index contributed by atoms with van der Waals surface area (Å²) >= 11 is 8.88. The molecule has 1 saturated heterocycles. The van der Waals surface area contributed by atoms with Crippen LogP contribution >= 0.6 is 34.7 Å². The van der Waals surface area contributed by atoms with Gasteiger partial charge in [0.25, 0.3) is 0 Å². The number of hydrogen-bond donors (Lipinski definition) is 1. The molecule has 1 amide bonds. The lowest BCUT2D eigenvalue weighted by atomic mass is 10.3. The van der Waals surface area contributed by atoms with Crippen molar-refractivity contribution in [1.82, 2.24) is 9.29 Å². The predicted octanol–water partition coefficient (Wildman–Crippen LogP) is 4.09. The van der Waals surface area contributed by atoms with Gasteiger partial charge in [0, 0.05) is 23.8 Å². The van der Waals surface area contributed by atoms with E-state index in [2.05, 4.69) is 10.3 Å². The number of thiazole rings is 1. The molecular weight excluding hydrogens is 478 g/mol. The van der Waals surface area contributed by atoms with E-state index in [-0.39, 0.29) is 16.1 Å². The molecule has 4 rings (SSSR count). The fourth-order valence-corrected chi connectivity index (χ4v) is 6.79. The molecule has 7 nitrogen and oxygen atoms in total. The summed E-state index contributed by atoms with van der Waals surface area (Å²) < 4.78 is 33.8. The Labute approximate surface area is 193 Å². The highest BCUT2D eigenvalue weighted by Gasteiger charge is 2.26. The number of benzene rings is 2. The molecule has 2 heterocycles. The van der Waals surface area contributed by atoms with E-state index in [4.69, 9.17) is 16.3 Å². The molecule has 0 bridgehead atoms. The molecule has 2 aromatic carbocycles. The number of amides is 1. The lowest BCUT2D eigenvalue weighted by molar-refractivity contribution is -0.115. The summed E-state index contributed by atoms with van der Waals surface area (Å²) in [5.74, 6) is -0.189. The molecule has 1 atom stereocenters. The Bertz CT molecular complexity index is 1190. The van der Waals surface area contributed by atoms with E-state index in [9.17, 15) is 13.2 Å². The Kier molecular flexibility index (Phi) is 6.85. The number of morpholine rings is 1. The van der Waals surface area contributed by atoms with Crippen LogP contribution in [0.15, 0.2) is 51.7 Å². The highest BCUT2D eigenvalue weighted by molar-refractivity contribution is 8.02. The van der Waals surface area contributed by atoms with Gasteiger partial charge in [-0.25, -0.2) is 13.4 Å². The first-order valence-corrected chi connectivity index (χ1v) is 13.1. The number of carbonyl (C=O) groups is 1. The third kappa shape index (κ3) is 5.21. The second kappa shape index (κ2) is 9.43. The van der Waals surface area contributed by atoms with Crippen LogP contribution in [0.5, 0.6) is 0 Å². The fourth-order valence-electron chi connectivity index (χ4n) is 3.02. The van der Waals surface area contributed by atoms with Gasteiger partial charge < -0.3 is 10.1 Å². The minimum absolute atomic E-state index is 0.189. The first-order valence-electron chi connectivity index (χ1n) is 9.54. The summed E-state index contributed by atoms with van der Waals surface area (Å²) in [4.78, 5) is 17.3. The smallest absolute Gasteiger partial charge is 0.243 e. The Morgan fingerprint density at radius 1 is 1.23 bits per heavy atom. The van der Waals surface area contributed by atoms with Crippen LogP contribution in [0, 0.1) is 0 Å². The van der Waals surface area contributed by atoms with Gasteiger partial charge >= 0.3 is 0 Å². The number of carbonyl (C=O) groups excluding carboxylic acids is 1. The maximum Gasteiger partial charge on any atom is 0.243 e. The summed E-state index contributed by atoms with van der Waals surface area (Å²) in [6, 6.07) is 11.7. The van der Waals surface area contributed by atoms with Crippen molar-refractivity contribution < 1.29 is 17.9 Å². The zero-order valence-corrected chi connectivity index (χ0v) is 19.8. The number of nitrogens with one attached hydrogen (secondary N) is 1. The molecular formula is C20H20ClN3O4S3. The minimum atomic E-state index is -3.56. The van der Waals surface area contributed by atoms with Gasteiger partial charge in [0.15, 0.2) is 4.34 Å². The summed E-state index contributed by atoms with van der Waals surface area (Å²) in [6.45, 7) is 3.27. The Balaban J connectivity index is 1.39. The quantitative estimate of drug-likeness (QED) is 0.516. The summed E-state index contributed by atoms with van der Waals surface area (Å²) in [5, 5.41) is 3.07. The second-order valence-electron chi connectivity index (χ2n) is 6.88. The van der Waals surface area contributed by atoms with Crippen molar-refractivity contribution in [2.45, 2.75) is 21.4 Å². The van der Waals surface area contributed by atoms with E-state index in [1.165, 1.54) is 39.5 Å². The second-order valence-corrected chi connectivity index (χ2v) is 11.9. The van der Waals surface area contributed by atoms with Crippen LogP contribution in [-0.4, -0.2) is 55.2 Å². The zero-order valence-electron chi connectivity index (χ0n) is 16.6. The van der Waals surface area contributed by atoms with Gasteiger partial charge in [0.05, 0.1) is 33.6 Å². The highest BCUT2D eigenvalue weighted by atomic mass is 35.5. The number of anilines is 1. The number of thioether (sulfide) groups is 1. The average molecular weight is 498 g/mol. The fraction of sp³-hybridized carbons (Fsp3) is 0.300. The monoisotopic (exact) mass is 497 g/mol. The van der Waals surface area contributed by atoms with E-state index >= 15 is 0 Å². The van der Waals surface area contributed by atoms with E-state index in [1.54, 1.807) is 25.1 Å². The van der Waals surface area contributed by atoms with Crippen molar-refractivity contribution in [3.05, 3.63) is 47.5 Å². The molecule has 11 heteroatoms. The van der Waals surface area contributed by atoms with Gasteiger partial charge in [-0.1, -0.05) is 23.4 Å². The molecule has 1 aromatic heterocycles. The molecule has 31 heavy (non-hydrogen) atoms.